The molecule has 114 valence electrons. The molecule has 0 aliphatic rings. The van der Waals surface area contributed by atoms with Crippen LogP contribution in [0.15, 0.2) is 48.5 Å². The minimum atomic E-state index is 0.452. The number of hydrogen-bond donors (Lipinski definition) is 1. The minimum Gasteiger partial charge on any atom is -0.494 e. The summed E-state index contributed by atoms with van der Waals surface area (Å²) in [6.07, 6.45) is 0.918. The van der Waals surface area contributed by atoms with Crippen LogP contribution in [0.25, 0.3) is 11.0 Å². The molecule has 0 saturated carbocycles. The zero-order chi connectivity index (χ0) is 15.4. The van der Waals surface area contributed by atoms with E-state index in [1.165, 1.54) is 5.56 Å². The number of aryl methyl sites for hydroxylation is 2. The van der Waals surface area contributed by atoms with E-state index in [2.05, 4.69) is 34.7 Å². The number of fused-ring (bicyclic) bond motifs is 1. The van der Waals surface area contributed by atoms with Crippen LogP contribution in [0.1, 0.15) is 17.8 Å². The van der Waals surface area contributed by atoms with Crippen molar-refractivity contribution in [2.24, 2.45) is 5.73 Å². The van der Waals surface area contributed by atoms with E-state index < -0.39 is 0 Å². The molecular formula is C18H21N3O. The summed E-state index contributed by atoms with van der Waals surface area (Å²) in [6.45, 7) is 4.07. The van der Waals surface area contributed by atoms with Crippen LogP contribution in [0.4, 0.5) is 0 Å². The number of benzene rings is 2. The fourth-order valence-corrected chi connectivity index (χ4v) is 2.62. The highest BCUT2D eigenvalue weighted by molar-refractivity contribution is 5.76. The van der Waals surface area contributed by atoms with Gasteiger partial charge in [0, 0.05) is 6.54 Å². The molecule has 4 heteroatoms. The molecule has 2 aromatic carbocycles. The lowest BCUT2D eigenvalue weighted by Crippen LogP contribution is -2.10. The van der Waals surface area contributed by atoms with E-state index in [0.29, 0.717) is 13.2 Å². The number of ether oxygens (including phenoxy) is 1. The van der Waals surface area contributed by atoms with Crippen LogP contribution in [0.3, 0.4) is 0 Å². The molecule has 0 aliphatic heterocycles. The van der Waals surface area contributed by atoms with Gasteiger partial charge in [-0.2, -0.15) is 0 Å². The summed E-state index contributed by atoms with van der Waals surface area (Å²) in [5.41, 5.74) is 9.21. The standard InChI is InChI=1S/C18H21N3O/c1-14-8-9-17-16(12-14)20-18(13-19)21(17)10-5-11-22-15-6-3-2-4-7-15/h2-4,6-9,12H,5,10-11,13,19H2,1H3. The van der Waals surface area contributed by atoms with Crippen molar-refractivity contribution >= 4 is 11.0 Å². The van der Waals surface area contributed by atoms with Crippen LogP contribution in [0.2, 0.25) is 0 Å². The number of hydrogen-bond acceptors (Lipinski definition) is 3. The largest absolute Gasteiger partial charge is 0.494 e. The number of nitrogens with two attached hydrogens (primary N) is 1. The molecule has 0 aliphatic carbocycles. The van der Waals surface area contributed by atoms with Crippen LogP contribution >= 0.6 is 0 Å². The first kappa shape index (κ1) is 14.6. The third-order valence-corrected chi connectivity index (χ3v) is 3.70. The Labute approximate surface area is 130 Å². The molecule has 0 fully saturated rings. The van der Waals surface area contributed by atoms with Gasteiger partial charge in [0.2, 0.25) is 0 Å². The molecule has 22 heavy (non-hydrogen) atoms. The first-order valence-corrected chi connectivity index (χ1v) is 7.61. The van der Waals surface area contributed by atoms with Gasteiger partial charge in [0.15, 0.2) is 0 Å². The summed E-state index contributed by atoms with van der Waals surface area (Å²) in [7, 11) is 0. The SMILES string of the molecule is Cc1ccc2c(c1)nc(CN)n2CCCOc1ccccc1. The van der Waals surface area contributed by atoms with Gasteiger partial charge < -0.3 is 15.0 Å². The molecule has 0 bridgehead atoms. The van der Waals surface area contributed by atoms with Crippen molar-refractivity contribution in [3.63, 3.8) is 0 Å². The second-order valence-electron chi connectivity index (χ2n) is 5.39. The van der Waals surface area contributed by atoms with E-state index in [-0.39, 0.29) is 0 Å². The topological polar surface area (TPSA) is 53.1 Å². The molecule has 3 aromatic rings. The molecule has 1 aromatic heterocycles. The Kier molecular flexibility index (Phi) is 4.39. The maximum atomic E-state index is 5.83. The van der Waals surface area contributed by atoms with Crippen LogP contribution in [-0.4, -0.2) is 16.2 Å². The van der Waals surface area contributed by atoms with E-state index in [1.54, 1.807) is 0 Å². The summed E-state index contributed by atoms with van der Waals surface area (Å²) >= 11 is 0. The summed E-state index contributed by atoms with van der Waals surface area (Å²) in [4.78, 5) is 4.63. The van der Waals surface area contributed by atoms with E-state index in [1.807, 2.05) is 30.3 Å². The number of imidazole rings is 1. The van der Waals surface area contributed by atoms with Crippen molar-refractivity contribution in [2.75, 3.05) is 6.61 Å². The monoisotopic (exact) mass is 295 g/mol. The molecule has 0 spiro atoms. The first-order valence-electron chi connectivity index (χ1n) is 7.61. The van der Waals surface area contributed by atoms with Crippen molar-refractivity contribution in [2.45, 2.75) is 26.4 Å². The van der Waals surface area contributed by atoms with Gasteiger partial charge in [0.05, 0.1) is 24.2 Å². The quantitative estimate of drug-likeness (QED) is 0.710. The van der Waals surface area contributed by atoms with Crippen molar-refractivity contribution in [1.29, 1.82) is 0 Å². The van der Waals surface area contributed by atoms with Gasteiger partial charge in [0.1, 0.15) is 11.6 Å². The van der Waals surface area contributed by atoms with Crippen LogP contribution in [0, 0.1) is 6.92 Å². The lowest BCUT2D eigenvalue weighted by atomic mass is 10.2. The van der Waals surface area contributed by atoms with E-state index in [9.17, 15) is 0 Å². The van der Waals surface area contributed by atoms with Crippen molar-refractivity contribution in [3.05, 3.63) is 59.9 Å². The Morgan fingerprint density at radius 3 is 2.73 bits per heavy atom. The maximum Gasteiger partial charge on any atom is 0.123 e. The van der Waals surface area contributed by atoms with Gasteiger partial charge in [-0.1, -0.05) is 24.3 Å². The third-order valence-electron chi connectivity index (χ3n) is 3.70. The Morgan fingerprint density at radius 2 is 1.95 bits per heavy atom. The molecule has 0 radical (unpaired) electrons. The predicted molar refractivity (Wildman–Crippen MR) is 88.9 cm³/mol. The number of para-hydroxylation sites is 1. The third kappa shape index (κ3) is 3.12. The molecule has 0 unspecified atom stereocenters. The van der Waals surface area contributed by atoms with Crippen molar-refractivity contribution in [1.82, 2.24) is 9.55 Å². The highest BCUT2D eigenvalue weighted by Gasteiger charge is 2.09. The Balaban J connectivity index is 1.68. The van der Waals surface area contributed by atoms with E-state index >= 15 is 0 Å². The summed E-state index contributed by atoms with van der Waals surface area (Å²) < 4.78 is 7.94. The fraction of sp³-hybridized carbons (Fsp3) is 0.278. The fourth-order valence-electron chi connectivity index (χ4n) is 2.62. The molecular weight excluding hydrogens is 274 g/mol. The van der Waals surface area contributed by atoms with Gasteiger partial charge in [-0.05, 0) is 43.2 Å². The Hall–Kier alpha value is -2.33. The summed E-state index contributed by atoms with van der Waals surface area (Å²) in [5.74, 6) is 1.84. The zero-order valence-electron chi connectivity index (χ0n) is 12.8. The predicted octanol–water partition coefficient (Wildman–Crippen LogP) is 3.27. The maximum absolute atomic E-state index is 5.83. The van der Waals surface area contributed by atoms with Crippen LogP contribution in [-0.2, 0) is 13.1 Å². The van der Waals surface area contributed by atoms with Gasteiger partial charge in [-0.3, -0.25) is 0 Å². The second-order valence-corrected chi connectivity index (χ2v) is 5.39. The average molecular weight is 295 g/mol. The first-order chi connectivity index (χ1) is 10.8. The lowest BCUT2D eigenvalue weighted by Gasteiger charge is -2.09. The molecule has 0 saturated heterocycles. The van der Waals surface area contributed by atoms with Gasteiger partial charge in [0.25, 0.3) is 0 Å². The van der Waals surface area contributed by atoms with Crippen molar-refractivity contribution < 1.29 is 4.74 Å². The summed E-state index contributed by atoms with van der Waals surface area (Å²) in [6, 6.07) is 16.2. The molecule has 4 nitrogen and oxygen atoms in total. The smallest absolute Gasteiger partial charge is 0.123 e. The van der Waals surface area contributed by atoms with E-state index in [4.69, 9.17) is 10.5 Å². The van der Waals surface area contributed by atoms with E-state index in [0.717, 1.165) is 35.6 Å². The van der Waals surface area contributed by atoms with Crippen LogP contribution < -0.4 is 10.5 Å². The number of nitrogens with zero attached hydrogens (tertiary/aromatic N) is 2. The molecule has 3 rings (SSSR count). The number of rotatable bonds is 6. The highest BCUT2D eigenvalue weighted by atomic mass is 16.5. The van der Waals surface area contributed by atoms with Gasteiger partial charge in [-0.15, -0.1) is 0 Å². The Bertz CT molecular complexity index is 750. The normalized spacial score (nSPS) is 11.0. The summed E-state index contributed by atoms with van der Waals surface area (Å²) in [5, 5.41) is 0. The number of aromatic nitrogens is 2. The molecule has 0 atom stereocenters. The molecule has 2 N–H and O–H groups in total. The van der Waals surface area contributed by atoms with Gasteiger partial charge >= 0.3 is 0 Å². The van der Waals surface area contributed by atoms with Crippen molar-refractivity contribution in [3.8, 4) is 5.75 Å². The Morgan fingerprint density at radius 1 is 1.14 bits per heavy atom. The lowest BCUT2D eigenvalue weighted by molar-refractivity contribution is 0.302. The molecule has 0 amide bonds. The van der Waals surface area contributed by atoms with Crippen LogP contribution in [0.5, 0.6) is 5.75 Å². The second kappa shape index (κ2) is 6.62. The molecule has 1 heterocycles. The van der Waals surface area contributed by atoms with Gasteiger partial charge in [-0.25, -0.2) is 4.98 Å². The average Bonchev–Trinajstić information content (AvgIpc) is 2.89. The minimum absolute atomic E-state index is 0.452. The zero-order valence-corrected chi connectivity index (χ0v) is 12.8. The highest BCUT2D eigenvalue weighted by Crippen LogP contribution is 2.18.